The molecule has 1 saturated carbocycles. The lowest BCUT2D eigenvalue weighted by atomic mass is 9.85. The number of esters is 1. The third kappa shape index (κ3) is 3.82. The molecule has 0 amide bonds. The molecule has 0 radical (unpaired) electrons. The number of methoxy groups -OCH3 is 1. The Morgan fingerprint density at radius 1 is 1.24 bits per heavy atom. The monoisotopic (exact) mass is 405 g/mol. The maximum absolute atomic E-state index is 13.1. The molecule has 0 bridgehead atoms. The van der Waals surface area contributed by atoms with Gasteiger partial charge in [-0.05, 0) is 42.9 Å². The van der Waals surface area contributed by atoms with E-state index in [1.165, 1.54) is 11.4 Å². The number of sulfonamides is 1. The van der Waals surface area contributed by atoms with E-state index < -0.39 is 22.0 Å². The van der Waals surface area contributed by atoms with Gasteiger partial charge in [0.05, 0.1) is 22.9 Å². The maximum Gasteiger partial charge on any atom is 0.324 e. The van der Waals surface area contributed by atoms with Crippen LogP contribution in [0, 0.1) is 5.92 Å². The largest absolute Gasteiger partial charge is 0.468 e. The number of carbonyl (C=O) groups is 1. The zero-order valence-electron chi connectivity index (χ0n) is 14.0. The lowest BCUT2D eigenvalue weighted by molar-refractivity contribution is -0.144. The second-order valence-electron chi connectivity index (χ2n) is 6.72. The van der Waals surface area contributed by atoms with Gasteiger partial charge in [-0.15, -0.1) is 0 Å². The minimum absolute atomic E-state index is 0.120. The molecule has 0 aromatic heterocycles. The van der Waals surface area contributed by atoms with Gasteiger partial charge in [-0.2, -0.15) is 4.31 Å². The lowest BCUT2D eigenvalue weighted by Gasteiger charge is -2.32. The summed E-state index contributed by atoms with van der Waals surface area (Å²) in [5, 5.41) is 0.694. The van der Waals surface area contributed by atoms with Crippen LogP contribution >= 0.6 is 23.2 Å². The van der Waals surface area contributed by atoms with Crippen molar-refractivity contribution in [2.24, 2.45) is 5.92 Å². The highest BCUT2D eigenvalue weighted by atomic mass is 35.5. The summed E-state index contributed by atoms with van der Waals surface area (Å²) < 4.78 is 32.5. The molecule has 3 unspecified atom stereocenters. The van der Waals surface area contributed by atoms with Crippen molar-refractivity contribution in [3.8, 4) is 0 Å². The SMILES string of the molecule is COC(=O)C1CC2CCCCC2N1S(=O)(=O)Cc1ccc(Cl)c(Cl)c1. The Balaban J connectivity index is 1.91. The molecule has 1 saturated heterocycles. The highest BCUT2D eigenvalue weighted by Crippen LogP contribution is 2.42. The first-order valence-electron chi connectivity index (χ1n) is 8.36. The molecule has 1 aromatic carbocycles. The predicted molar refractivity (Wildman–Crippen MR) is 97.1 cm³/mol. The number of ether oxygens (including phenoxy) is 1. The van der Waals surface area contributed by atoms with Crippen molar-refractivity contribution in [2.75, 3.05) is 7.11 Å². The van der Waals surface area contributed by atoms with E-state index in [0.29, 0.717) is 22.0 Å². The minimum Gasteiger partial charge on any atom is -0.468 e. The standard InChI is InChI=1S/C17H21Cl2NO4S/c1-24-17(21)16-9-12-4-2-3-5-15(12)20(16)25(22,23)10-11-6-7-13(18)14(19)8-11/h6-8,12,15-16H,2-5,9-10H2,1H3. The zero-order valence-corrected chi connectivity index (χ0v) is 16.3. The Morgan fingerprint density at radius 3 is 2.64 bits per heavy atom. The molecule has 8 heteroatoms. The molecular weight excluding hydrogens is 385 g/mol. The van der Waals surface area contributed by atoms with Crippen LogP contribution in [0.15, 0.2) is 18.2 Å². The second kappa shape index (κ2) is 7.43. The Morgan fingerprint density at radius 2 is 1.96 bits per heavy atom. The van der Waals surface area contributed by atoms with E-state index in [4.69, 9.17) is 27.9 Å². The number of nitrogens with zero attached hydrogens (tertiary/aromatic N) is 1. The fourth-order valence-corrected chi connectivity index (χ4v) is 6.39. The highest BCUT2D eigenvalue weighted by molar-refractivity contribution is 7.88. The zero-order chi connectivity index (χ0) is 18.2. The van der Waals surface area contributed by atoms with Crippen molar-refractivity contribution < 1.29 is 17.9 Å². The molecule has 1 aromatic rings. The molecule has 5 nitrogen and oxygen atoms in total. The van der Waals surface area contributed by atoms with Gasteiger partial charge in [0.1, 0.15) is 6.04 Å². The fourth-order valence-electron chi connectivity index (χ4n) is 4.07. The van der Waals surface area contributed by atoms with Crippen molar-refractivity contribution in [3.63, 3.8) is 0 Å². The van der Waals surface area contributed by atoms with E-state index in [9.17, 15) is 13.2 Å². The summed E-state index contributed by atoms with van der Waals surface area (Å²) in [6.07, 6.45) is 4.34. The first-order chi connectivity index (χ1) is 11.8. The van der Waals surface area contributed by atoms with Crippen LogP contribution in [0.25, 0.3) is 0 Å². The molecule has 1 aliphatic carbocycles. The predicted octanol–water partition coefficient (Wildman–Crippen LogP) is 3.63. The smallest absolute Gasteiger partial charge is 0.324 e. The molecule has 0 spiro atoms. The number of benzene rings is 1. The maximum atomic E-state index is 13.1. The van der Waals surface area contributed by atoms with Gasteiger partial charge < -0.3 is 4.74 Å². The first-order valence-corrected chi connectivity index (χ1v) is 10.7. The van der Waals surface area contributed by atoms with Gasteiger partial charge in [0.15, 0.2) is 0 Å². The molecule has 138 valence electrons. The van der Waals surface area contributed by atoms with Crippen molar-refractivity contribution >= 4 is 39.2 Å². The van der Waals surface area contributed by atoms with E-state index in [1.807, 2.05) is 0 Å². The van der Waals surface area contributed by atoms with Crippen LogP contribution in [0.5, 0.6) is 0 Å². The van der Waals surface area contributed by atoms with Crippen molar-refractivity contribution in [3.05, 3.63) is 33.8 Å². The molecular formula is C17H21Cl2NO4S. The summed E-state index contributed by atoms with van der Waals surface area (Å²) in [5.41, 5.74) is 0.553. The molecule has 3 rings (SSSR count). The van der Waals surface area contributed by atoms with Crippen molar-refractivity contribution in [1.82, 2.24) is 4.31 Å². The van der Waals surface area contributed by atoms with Gasteiger partial charge in [0.2, 0.25) is 10.0 Å². The second-order valence-corrected chi connectivity index (χ2v) is 9.41. The van der Waals surface area contributed by atoms with Gasteiger partial charge in [0.25, 0.3) is 0 Å². The molecule has 3 atom stereocenters. The average molecular weight is 406 g/mol. The third-order valence-electron chi connectivity index (χ3n) is 5.16. The van der Waals surface area contributed by atoms with Crippen LogP contribution in [-0.2, 0) is 25.3 Å². The molecule has 25 heavy (non-hydrogen) atoms. The fraction of sp³-hybridized carbons (Fsp3) is 0.588. The van der Waals surface area contributed by atoms with Crippen LogP contribution in [0.3, 0.4) is 0 Å². The number of halogens is 2. The molecule has 2 fully saturated rings. The van der Waals surface area contributed by atoms with Crippen LogP contribution in [0.2, 0.25) is 10.0 Å². The van der Waals surface area contributed by atoms with E-state index >= 15 is 0 Å². The van der Waals surface area contributed by atoms with E-state index in [0.717, 1.165) is 25.7 Å². The van der Waals surface area contributed by atoms with Gasteiger partial charge >= 0.3 is 5.97 Å². The Bertz CT molecular complexity index is 768. The Hall–Kier alpha value is -0.820. The molecule has 0 N–H and O–H groups in total. The summed E-state index contributed by atoms with van der Waals surface area (Å²) in [4.78, 5) is 12.2. The summed E-state index contributed by atoms with van der Waals surface area (Å²) in [6.45, 7) is 0. The quantitative estimate of drug-likeness (QED) is 0.717. The lowest BCUT2D eigenvalue weighted by Crippen LogP contribution is -2.46. The van der Waals surface area contributed by atoms with Gasteiger partial charge in [0, 0.05) is 6.04 Å². The molecule has 1 aliphatic heterocycles. The summed E-state index contributed by atoms with van der Waals surface area (Å²) in [5.74, 6) is -0.464. The summed E-state index contributed by atoms with van der Waals surface area (Å²) in [7, 11) is -2.39. The number of fused-ring (bicyclic) bond motifs is 1. The Labute approximate surface area is 158 Å². The van der Waals surface area contributed by atoms with Crippen LogP contribution in [0.4, 0.5) is 0 Å². The first kappa shape index (κ1) is 19.0. The van der Waals surface area contributed by atoms with E-state index in [1.54, 1.807) is 18.2 Å². The number of hydrogen-bond donors (Lipinski definition) is 0. The average Bonchev–Trinajstić information content (AvgIpc) is 2.97. The third-order valence-corrected chi connectivity index (χ3v) is 7.76. The molecule has 1 heterocycles. The number of hydrogen-bond acceptors (Lipinski definition) is 4. The summed E-state index contributed by atoms with van der Waals surface area (Å²) in [6, 6.07) is 3.94. The number of carbonyl (C=O) groups excluding carboxylic acids is 1. The summed E-state index contributed by atoms with van der Waals surface area (Å²) >= 11 is 11.9. The number of rotatable bonds is 4. The topological polar surface area (TPSA) is 63.7 Å². The van der Waals surface area contributed by atoms with Crippen LogP contribution < -0.4 is 0 Å². The van der Waals surface area contributed by atoms with Gasteiger partial charge in [-0.1, -0.05) is 42.1 Å². The van der Waals surface area contributed by atoms with Crippen molar-refractivity contribution in [1.29, 1.82) is 0 Å². The van der Waals surface area contributed by atoms with Gasteiger partial charge in [-0.25, -0.2) is 8.42 Å². The van der Waals surface area contributed by atoms with Crippen molar-refractivity contribution in [2.45, 2.75) is 49.9 Å². The normalized spacial score (nSPS) is 27.1. The van der Waals surface area contributed by atoms with Crippen LogP contribution in [-0.4, -0.2) is 37.9 Å². The molecule has 2 aliphatic rings. The van der Waals surface area contributed by atoms with E-state index in [2.05, 4.69) is 0 Å². The van der Waals surface area contributed by atoms with Crippen LogP contribution in [0.1, 0.15) is 37.7 Å². The minimum atomic E-state index is -3.69. The highest BCUT2D eigenvalue weighted by Gasteiger charge is 2.50. The van der Waals surface area contributed by atoms with E-state index in [-0.39, 0.29) is 17.7 Å². The Kier molecular flexibility index (Phi) is 5.63. The van der Waals surface area contributed by atoms with Gasteiger partial charge in [-0.3, -0.25) is 4.79 Å².